The van der Waals surface area contributed by atoms with Crippen LogP contribution in [0.25, 0.3) is 0 Å². The van der Waals surface area contributed by atoms with Gasteiger partial charge in [0.1, 0.15) is 23.0 Å². The van der Waals surface area contributed by atoms with E-state index in [1.54, 1.807) is 0 Å². The highest BCUT2D eigenvalue weighted by atomic mass is 16.5. The minimum Gasteiger partial charge on any atom is -0.457 e. The average molecular weight is 334 g/mol. The van der Waals surface area contributed by atoms with Gasteiger partial charge in [0.2, 0.25) is 0 Å². The molecule has 0 unspecified atom stereocenters. The first-order valence-electron chi connectivity index (χ1n) is 8.11. The predicted octanol–water partition coefficient (Wildman–Crippen LogP) is 5.36. The topological polar surface area (TPSA) is 70.5 Å². The van der Waals surface area contributed by atoms with Gasteiger partial charge in [-0.25, -0.2) is 0 Å². The first-order valence-corrected chi connectivity index (χ1v) is 8.11. The maximum absolute atomic E-state index is 6.01. The maximum Gasteiger partial charge on any atom is 0.130 e. The molecular formula is C21H22N2O2. The van der Waals surface area contributed by atoms with Crippen LogP contribution >= 0.6 is 0 Å². The molecule has 4 heteroatoms. The molecule has 25 heavy (non-hydrogen) atoms. The van der Waals surface area contributed by atoms with Gasteiger partial charge in [-0.3, -0.25) is 0 Å². The fourth-order valence-corrected chi connectivity index (χ4v) is 2.62. The summed E-state index contributed by atoms with van der Waals surface area (Å²) in [7, 11) is 0. The number of benzene rings is 3. The van der Waals surface area contributed by atoms with Crippen LogP contribution in [-0.4, -0.2) is 0 Å². The summed E-state index contributed by atoms with van der Waals surface area (Å²) in [4.78, 5) is 0. The number of aryl methyl sites for hydroxylation is 3. The van der Waals surface area contributed by atoms with Gasteiger partial charge in [0.15, 0.2) is 0 Å². The molecule has 0 atom stereocenters. The zero-order valence-electron chi connectivity index (χ0n) is 14.7. The highest BCUT2D eigenvalue weighted by molar-refractivity contribution is 5.51. The molecular weight excluding hydrogens is 312 g/mol. The second kappa shape index (κ2) is 6.77. The van der Waals surface area contributed by atoms with E-state index in [0.29, 0.717) is 0 Å². The fraction of sp³-hybridized carbons (Fsp3) is 0.143. The van der Waals surface area contributed by atoms with Crippen molar-refractivity contribution in [3.05, 3.63) is 71.3 Å². The van der Waals surface area contributed by atoms with Crippen molar-refractivity contribution in [1.82, 2.24) is 0 Å². The van der Waals surface area contributed by atoms with Crippen molar-refractivity contribution in [3.8, 4) is 23.0 Å². The Labute approximate surface area is 148 Å². The molecule has 0 radical (unpaired) electrons. The van der Waals surface area contributed by atoms with E-state index in [1.807, 2.05) is 75.4 Å². The van der Waals surface area contributed by atoms with Gasteiger partial charge in [0.05, 0.1) is 0 Å². The van der Waals surface area contributed by atoms with Crippen molar-refractivity contribution in [2.45, 2.75) is 20.8 Å². The highest BCUT2D eigenvalue weighted by Gasteiger charge is 2.08. The lowest BCUT2D eigenvalue weighted by atomic mass is 10.1. The molecule has 0 spiro atoms. The molecule has 0 fully saturated rings. The standard InChI is InChI=1S/C21H22N2O2/c1-13-10-16(22)4-7-19(13)24-18-6-9-21(15(3)12-18)25-20-8-5-17(23)11-14(20)2/h4-12H,22-23H2,1-3H3. The van der Waals surface area contributed by atoms with Gasteiger partial charge in [-0.05, 0) is 92.1 Å². The van der Waals surface area contributed by atoms with Crippen LogP contribution in [0.15, 0.2) is 54.6 Å². The van der Waals surface area contributed by atoms with E-state index in [-0.39, 0.29) is 0 Å². The second-order valence-corrected chi connectivity index (χ2v) is 6.18. The number of nitrogens with two attached hydrogens (primary N) is 2. The van der Waals surface area contributed by atoms with Crippen LogP contribution in [0.3, 0.4) is 0 Å². The Morgan fingerprint density at radius 1 is 0.560 bits per heavy atom. The maximum atomic E-state index is 6.01. The summed E-state index contributed by atoms with van der Waals surface area (Å²) in [5.41, 5.74) is 16.0. The number of nitrogen functional groups attached to an aromatic ring is 2. The van der Waals surface area contributed by atoms with E-state index in [1.165, 1.54) is 0 Å². The lowest BCUT2D eigenvalue weighted by Gasteiger charge is -2.14. The van der Waals surface area contributed by atoms with Crippen molar-refractivity contribution >= 4 is 11.4 Å². The largest absolute Gasteiger partial charge is 0.457 e. The third-order valence-corrected chi connectivity index (χ3v) is 3.99. The molecule has 0 aliphatic rings. The summed E-state index contributed by atoms with van der Waals surface area (Å²) in [6.07, 6.45) is 0. The Morgan fingerprint density at radius 3 is 1.48 bits per heavy atom. The van der Waals surface area contributed by atoms with Crippen LogP contribution in [0, 0.1) is 20.8 Å². The van der Waals surface area contributed by atoms with Gasteiger partial charge in [0, 0.05) is 11.4 Å². The van der Waals surface area contributed by atoms with Crippen LogP contribution < -0.4 is 20.9 Å². The van der Waals surface area contributed by atoms with Gasteiger partial charge < -0.3 is 20.9 Å². The Balaban J connectivity index is 1.80. The molecule has 4 nitrogen and oxygen atoms in total. The molecule has 0 aliphatic heterocycles. The Hall–Kier alpha value is -3.14. The van der Waals surface area contributed by atoms with E-state index in [9.17, 15) is 0 Å². The summed E-state index contributed by atoms with van der Waals surface area (Å²) in [5.74, 6) is 3.12. The smallest absolute Gasteiger partial charge is 0.130 e. The van der Waals surface area contributed by atoms with E-state index in [2.05, 4.69) is 0 Å². The molecule has 0 heterocycles. The Bertz CT molecular complexity index is 920. The lowest BCUT2D eigenvalue weighted by Crippen LogP contribution is -1.94. The number of hydrogen-bond donors (Lipinski definition) is 2. The van der Waals surface area contributed by atoms with Gasteiger partial charge in [-0.2, -0.15) is 0 Å². The van der Waals surface area contributed by atoms with E-state index in [4.69, 9.17) is 20.9 Å². The van der Waals surface area contributed by atoms with Crippen LogP contribution in [0.4, 0.5) is 11.4 Å². The third kappa shape index (κ3) is 3.86. The van der Waals surface area contributed by atoms with Crippen LogP contribution in [0.2, 0.25) is 0 Å². The molecule has 0 aromatic heterocycles. The molecule has 128 valence electrons. The van der Waals surface area contributed by atoms with Gasteiger partial charge >= 0.3 is 0 Å². The third-order valence-electron chi connectivity index (χ3n) is 3.99. The minimum atomic E-state index is 0.726. The molecule has 0 amide bonds. The predicted molar refractivity (Wildman–Crippen MR) is 103 cm³/mol. The SMILES string of the molecule is Cc1cc(N)ccc1Oc1ccc(Oc2ccc(N)cc2C)c(C)c1. The summed E-state index contributed by atoms with van der Waals surface area (Å²) in [5, 5.41) is 0. The number of ether oxygens (including phenoxy) is 2. The molecule has 3 aromatic carbocycles. The normalized spacial score (nSPS) is 10.5. The van der Waals surface area contributed by atoms with Crippen molar-refractivity contribution in [3.63, 3.8) is 0 Å². The molecule has 4 N–H and O–H groups in total. The van der Waals surface area contributed by atoms with Crippen molar-refractivity contribution in [1.29, 1.82) is 0 Å². The van der Waals surface area contributed by atoms with Crippen LogP contribution in [0.5, 0.6) is 23.0 Å². The number of rotatable bonds is 4. The monoisotopic (exact) mass is 334 g/mol. The minimum absolute atomic E-state index is 0.726. The zero-order valence-corrected chi connectivity index (χ0v) is 14.7. The lowest BCUT2D eigenvalue weighted by molar-refractivity contribution is 0.463. The fourth-order valence-electron chi connectivity index (χ4n) is 2.62. The molecule has 3 rings (SSSR count). The van der Waals surface area contributed by atoms with Crippen LogP contribution in [0.1, 0.15) is 16.7 Å². The first kappa shape index (κ1) is 16.7. The Kier molecular flexibility index (Phi) is 4.52. The van der Waals surface area contributed by atoms with E-state index < -0.39 is 0 Å². The molecule has 0 saturated heterocycles. The van der Waals surface area contributed by atoms with Crippen LogP contribution in [-0.2, 0) is 0 Å². The molecule has 0 aliphatic carbocycles. The summed E-state index contributed by atoms with van der Waals surface area (Å²) >= 11 is 0. The molecule has 0 saturated carbocycles. The second-order valence-electron chi connectivity index (χ2n) is 6.18. The van der Waals surface area contributed by atoms with Gasteiger partial charge in [-0.1, -0.05) is 0 Å². The zero-order chi connectivity index (χ0) is 18.0. The number of anilines is 2. The quantitative estimate of drug-likeness (QED) is 0.630. The van der Waals surface area contributed by atoms with Gasteiger partial charge in [0.25, 0.3) is 0 Å². The first-order chi connectivity index (χ1) is 11.9. The molecule has 0 bridgehead atoms. The summed E-state index contributed by atoms with van der Waals surface area (Å²) in [6, 6.07) is 17.0. The summed E-state index contributed by atoms with van der Waals surface area (Å²) in [6.45, 7) is 5.94. The van der Waals surface area contributed by atoms with E-state index >= 15 is 0 Å². The number of hydrogen-bond acceptors (Lipinski definition) is 4. The molecule has 3 aromatic rings. The van der Waals surface area contributed by atoms with Crippen molar-refractivity contribution in [2.24, 2.45) is 0 Å². The highest BCUT2D eigenvalue weighted by Crippen LogP contribution is 2.33. The average Bonchev–Trinajstić information content (AvgIpc) is 2.55. The van der Waals surface area contributed by atoms with Crippen molar-refractivity contribution < 1.29 is 9.47 Å². The van der Waals surface area contributed by atoms with Crippen molar-refractivity contribution in [2.75, 3.05) is 11.5 Å². The Morgan fingerprint density at radius 2 is 1.00 bits per heavy atom. The van der Waals surface area contributed by atoms with Gasteiger partial charge in [-0.15, -0.1) is 0 Å². The summed E-state index contributed by atoms with van der Waals surface area (Å²) < 4.78 is 12.0. The van der Waals surface area contributed by atoms with E-state index in [0.717, 1.165) is 51.1 Å².